The highest BCUT2D eigenvalue weighted by molar-refractivity contribution is 6.30. The standard InChI is InChI=1S/C10H10ClNO2/c1-7(12)14-10(13)6-8-2-4-9(11)5-3-8/h2-5,12H,6H2,1H3. The van der Waals surface area contributed by atoms with Crippen molar-refractivity contribution in [3.8, 4) is 0 Å². The van der Waals surface area contributed by atoms with Crippen LogP contribution in [0.4, 0.5) is 0 Å². The second kappa shape index (κ2) is 4.77. The monoisotopic (exact) mass is 211 g/mol. The van der Waals surface area contributed by atoms with Gasteiger partial charge in [0.1, 0.15) is 0 Å². The maximum atomic E-state index is 11.1. The van der Waals surface area contributed by atoms with Crippen LogP contribution in [0.3, 0.4) is 0 Å². The van der Waals surface area contributed by atoms with Gasteiger partial charge in [0.15, 0.2) is 5.90 Å². The van der Waals surface area contributed by atoms with E-state index in [9.17, 15) is 4.79 Å². The summed E-state index contributed by atoms with van der Waals surface area (Å²) in [6, 6.07) is 6.93. The Morgan fingerprint density at radius 2 is 2.00 bits per heavy atom. The third-order valence-corrected chi connectivity index (χ3v) is 1.78. The van der Waals surface area contributed by atoms with Crippen LogP contribution in [0.5, 0.6) is 0 Å². The Labute approximate surface area is 87.2 Å². The van der Waals surface area contributed by atoms with E-state index in [1.165, 1.54) is 6.92 Å². The molecule has 3 nitrogen and oxygen atoms in total. The number of hydrogen-bond acceptors (Lipinski definition) is 3. The highest BCUT2D eigenvalue weighted by atomic mass is 35.5. The van der Waals surface area contributed by atoms with Crippen LogP contribution in [0.15, 0.2) is 24.3 Å². The SMILES string of the molecule is CC(=N)OC(=O)Cc1ccc(Cl)cc1. The molecule has 0 saturated carbocycles. The predicted molar refractivity (Wildman–Crippen MR) is 54.6 cm³/mol. The lowest BCUT2D eigenvalue weighted by Gasteiger charge is -2.01. The third-order valence-electron chi connectivity index (χ3n) is 1.53. The molecule has 1 aromatic rings. The lowest BCUT2D eigenvalue weighted by atomic mass is 10.2. The van der Waals surface area contributed by atoms with Gasteiger partial charge in [-0.05, 0) is 17.7 Å². The van der Waals surface area contributed by atoms with E-state index >= 15 is 0 Å². The van der Waals surface area contributed by atoms with Crippen LogP contribution < -0.4 is 0 Å². The molecule has 0 aliphatic heterocycles. The Morgan fingerprint density at radius 1 is 1.43 bits per heavy atom. The summed E-state index contributed by atoms with van der Waals surface area (Å²) in [5.41, 5.74) is 0.820. The lowest BCUT2D eigenvalue weighted by Crippen LogP contribution is -2.10. The Balaban J connectivity index is 2.56. The molecule has 0 fully saturated rings. The van der Waals surface area contributed by atoms with Crippen molar-refractivity contribution in [1.82, 2.24) is 0 Å². The van der Waals surface area contributed by atoms with Crippen molar-refractivity contribution < 1.29 is 9.53 Å². The van der Waals surface area contributed by atoms with E-state index in [2.05, 4.69) is 4.74 Å². The number of rotatable bonds is 2. The van der Waals surface area contributed by atoms with Crippen LogP contribution >= 0.6 is 11.6 Å². The first-order valence-electron chi connectivity index (χ1n) is 4.08. The minimum Gasteiger partial charge on any atom is -0.412 e. The highest BCUT2D eigenvalue weighted by Crippen LogP contribution is 2.10. The third kappa shape index (κ3) is 3.58. The minimum absolute atomic E-state index is 0.0936. The molecule has 0 radical (unpaired) electrons. The normalized spacial score (nSPS) is 9.57. The summed E-state index contributed by atoms with van der Waals surface area (Å²) >= 11 is 5.68. The fourth-order valence-corrected chi connectivity index (χ4v) is 1.10. The van der Waals surface area contributed by atoms with Crippen molar-refractivity contribution in [3.05, 3.63) is 34.9 Å². The van der Waals surface area contributed by atoms with E-state index < -0.39 is 5.97 Å². The Morgan fingerprint density at radius 3 is 2.50 bits per heavy atom. The van der Waals surface area contributed by atoms with Gasteiger partial charge in [0, 0.05) is 11.9 Å². The number of carbonyl (C=O) groups excluding carboxylic acids is 1. The van der Waals surface area contributed by atoms with Gasteiger partial charge in [0.25, 0.3) is 0 Å². The van der Waals surface area contributed by atoms with Crippen LogP contribution in [0.1, 0.15) is 12.5 Å². The molecule has 1 N–H and O–H groups in total. The van der Waals surface area contributed by atoms with Gasteiger partial charge in [0.2, 0.25) is 0 Å². The van der Waals surface area contributed by atoms with Gasteiger partial charge in [-0.15, -0.1) is 0 Å². The molecule has 1 rings (SSSR count). The minimum atomic E-state index is -0.431. The summed E-state index contributed by atoms with van der Waals surface area (Å²) < 4.78 is 4.60. The molecular formula is C10H10ClNO2. The molecule has 0 aliphatic rings. The zero-order chi connectivity index (χ0) is 10.6. The van der Waals surface area contributed by atoms with E-state index in [0.717, 1.165) is 5.56 Å². The van der Waals surface area contributed by atoms with E-state index in [1.54, 1.807) is 24.3 Å². The topological polar surface area (TPSA) is 50.1 Å². The molecule has 1 aromatic carbocycles. The Hall–Kier alpha value is -1.35. The average molecular weight is 212 g/mol. The zero-order valence-electron chi connectivity index (χ0n) is 7.71. The quantitative estimate of drug-likeness (QED) is 0.464. The van der Waals surface area contributed by atoms with Gasteiger partial charge in [-0.1, -0.05) is 23.7 Å². The fourth-order valence-electron chi connectivity index (χ4n) is 0.976. The van der Waals surface area contributed by atoms with Crippen LogP contribution in [0.25, 0.3) is 0 Å². The number of ether oxygens (including phenoxy) is 1. The number of benzene rings is 1. The summed E-state index contributed by atoms with van der Waals surface area (Å²) in [4.78, 5) is 11.1. The number of carbonyl (C=O) groups is 1. The molecule has 0 heterocycles. The smallest absolute Gasteiger partial charge is 0.316 e. The number of hydrogen-bond donors (Lipinski definition) is 1. The summed E-state index contributed by atoms with van der Waals surface area (Å²) in [6.07, 6.45) is 0.160. The van der Waals surface area contributed by atoms with E-state index in [-0.39, 0.29) is 12.3 Å². The van der Waals surface area contributed by atoms with Crippen molar-refractivity contribution in [2.24, 2.45) is 0 Å². The average Bonchev–Trinajstić information content (AvgIpc) is 2.07. The molecular weight excluding hydrogens is 202 g/mol. The maximum Gasteiger partial charge on any atom is 0.316 e. The second-order valence-corrected chi connectivity index (χ2v) is 3.27. The van der Waals surface area contributed by atoms with Crippen molar-refractivity contribution in [1.29, 1.82) is 5.41 Å². The first-order valence-corrected chi connectivity index (χ1v) is 4.46. The van der Waals surface area contributed by atoms with Crippen molar-refractivity contribution in [3.63, 3.8) is 0 Å². The van der Waals surface area contributed by atoms with Crippen LogP contribution in [-0.2, 0) is 16.0 Å². The number of nitrogens with one attached hydrogen (secondary N) is 1. The van der Waals surface area contributed by atoms with Gasteiger partial charge >= 0.3 is 5.97 Å². The van der Waals surface area contributed by atoms with Crippen LogP contribution in [-0.4, -0.2) is 11.9 Å². The van der Waals surface area contributed by atoms with Gasteiger partial charge in [-0.3, -0.25) is 10.2 Å². The van der Waals surface area contributed by atoms with Crippen molar-refractivity contribution >= 4 is 23.5 Å². The Kier molecular flexibility index (Phi) is 3.65. The van der Waals surface area contributed by atoms with Crippen molar-refractivity contribution in [2.75, 3.05) is 0 Å². The number of halogens is 1. The fraction of sp³-hybridized carbons (Fsp3) is 0.200. The first kappa shape index (κ1) is 10.7. The second-order valence-electron chi connectivity index (χ2n) is 2.83. The van der Waals surface area contributed by atoms with E-state index in [1.807, 2.05) is 0 Å². The first-order chi connectivity index (χ1) is 6.58. The Bertz CT molecular complexity index is 346. The largest absolute Gasteiger partial charge is 0.412 e. The summed E-state index contributed by atoms with van der Waals surface area (Å²) in [5.74, 6) is -0.524. The summed E-state index contributed by atoms with van der Waals surface area (Å²) in [7, 11) is 0. The van der Waals surface area contributed by atoms with E-state index in [0.29, 0.717) is 5.02 Å². The highest BCUT2D eigenvalue weighted by Gasteiger charge is 2.05. The lowest BCUT2D eigenvalue weighted by molar-refractivity contribution is -0.134. The van der Waals surface area contributed by atoms with Gasteiger partial charge in [0.05, 0.1) is 6.42 Å². The summed E-state index contributed by atoms with van der Waals surface area (Å²) in [6.45, 7) is 1.42. The predicted octanol–water partition coefficient (Wildman–Crippen LogP) is 2.42. The van der Waals surface area contributed by atoms with Crippen LogP contribution in [0.2, 0.25) is 5.02 Å². The molecule has 0 unspecified atom stereocenters. The van der Waals surface area contributed by atoms with Gasteiger partial charge < -0.3 is 4.74 Å². The van der Waals surface area contributed by atoms with Crippen molar-refractivity contribution in [2.45, 2.75) is 13.3 Å². The summed E-state index contributed by atoms with van der Waals surface area (Å²) in [5, 5.41) is 7.59. The molecule has 0 saturated heterocycles. The molecule has 0 amide bonds. The van der Waals surface area contributed by atoms with E-state index in [4.69, 9.17) is 17.0 Å². The maximum absolute atomic E-state index is 11.1. The molecule has 0 aliphatic carbocycles. The molecule has 4 heteroatoms. The van der Waals surface area contributed by atoms with Gasteiger partial charge in [-0.2, -0.15) is 0 Å². The number of esters is 1. The molecule has 0 atom stereocenters. The van der Waals surface area contributed by atoms with Gasteiger partial charge in [-0.25, -0.2) is 0 Å². The molecule has 74 valence electrons. The zero-order valence-corrected chi connectivity index (χ0v) is 8.47. The van der Waals surface area contributed by atoms with Crippen LogP contribution in [0, 0.1) is 5.41 Å². The molecule has 0 aromatic heterocycles. The molecule has 14 heavy (non-hydrogen) atoms. The molecule has 0 bridgehead atoms. The molecule has 0 spiro atoms.